The fraction of sp³-hybridized carbons (Fsp3) is 0.357. The van der Waals surface area contributed by atoms with Gasteiger partial charge < -0.3 is 15.4 Å². The summed E-state index contributed by atoms with van der Waals surface area (Å²) >= 11 is 2.11. The SMILES string of the molecule is O=C(N[C@@H]1CCC(F)(F)C1)N[C@@](Cc1ccccc1)(c1cc(F)cc(OC(F)(F)C(F)F)c1)c1ccc(CI)cn1. The molecule has 0 spiro atoms. The first-order chi connectivity index (χ1) is 19.3. The van der Waals surface area contributed by atoms with E-state index in [4.69, 9.17) is 0 Å². The number of benzene rings is 2. The lowest BCUT2D eigenvalue weighted by atomic mass is 9.80. The van der Waals surface area contributed by atoms with Gasteiger partial charge in [0.1, 0.15) is 17.1 Å². The zero-order valence-corrected chi connectivity index (χ0v) is 23.5. The zero-order chi connectivity index (χ0) is 29.8. The number of hydrogen-bond donors (Lipinski definition) is 2. The number of ether oxygens (including phenoxy) is 1. The van der Waals surface area contributed by atoms with Crippen molar-refractivity contribution < 1.29 is 40.3 Å². The highest BCUT2D eigenvalue weighted by molar-refractivity contribution is 14.1. The number of carbonyl (C=O) groups is 1. The molecule has 2 N–H and O–H groups in total. The van der Waals surface area contributed by atoms with Crippen LogP contribution >= 0.6 is 22.6 Å². The van der Waals surface area contributed by atoms with E-state index < -0.39 is 60.5 Å². The van der Waals surface area contributed by atoms with Gasteiger partial charge in [0.05, 0.1) is 5.69 Å². The van der Waals surface area contributed by atoms with Crippen LogP contribution in [0.4, 0.5) is 35.5 Å². The molecule has 1 heterocycles. The van der Waals surface area contributed by atoms with Gasteiger partial charge in [0.25, 0.3) is 0 Å². The van der Waals surface area contributed by atoms with Crippen molar-refractivity contribution in [3.8, 4) is 5.75 Å². The number of carbonyl (C=O) groups excluding carboxylic acids is 1. The molecule has 13 heteroatoms. The van der Waals surface area contributed by atoms with Crippen LogP contribution in [0.5, 0.6) is 5.75 Å². The van der Waals surface area contributed by atoms with E-state index in [2.05, 4.69) is 42.9 Å². The van der Waals surface area contributed by atoms with Crippen molar-refractivity contribution in [1.82, 2.24) is 15.6 Å². The van der Waals surface area contributed by atoms with Crippen molar-refractivity contribution in [2.24, 2.45) is 0 Å². The molecule has 5 nitrogen and oxygen atoms in total. The van der Waals surface area contributed by atoms with Crippen molar-refractivity contribution in [3.05, 3.63) is 95.1 Å². The average Bonchev–Trinajstić information content (AvgIpc) is 3.25. The molecule has 4 rings (SSSR count). The summed E-state index contributed by atoms with van der Waals surface area (Å²) in [6, 6.07) is 12.4. The van der Waals surface area contributed by atoms with Crippen LogP contribution in [0.15, 0.2) is 66.9 Å². The van der Waals surface area contributed by atoms with Gasteiger partial charge in [-0.15, -0.1) is 0 Å². The van der Waals surface area contributed by atoms with Gasteiger partial charge in [0.15, 0.2) is 0 Å². The molecule has 41 heavy (non-hydrogen) atoms. The van der Waals surface area contributed by atoms with Gasteiger partial charge >= 0.3 is 18.6 Å². The standard InChI is InChI=1S/C28H25F7IN3O2/c29-20-10-19(11-22(12-20)41-28(34,35)24(30)31)27(13-17-4-2-1-3-5-17,23-7-6-18(15-36)16-37-23)39-25(40)38-21-8-9-26(32,33)14-21/h1-7,10-12,16,21,24H,8-9,13-15H2,(H2,38,39,40)/t21-,27+/m1/s1. The van der Waals surface area contributed by atoms with Crippen LogP contribution in [0.2, 0.25) is 0 Å². The van der Waals surface area contributed by atoms with Gasteiger partial charge in [-0.2, -0.15) is 17.6 Å². The van der Waals surface area contributed by atoms with Crippen molar-refractivity contribution in [3.63, 3.8) is 0 Å². The molecule has 0 aliphatic heterocycles. The molecule has 0 bridgehead atoms. The van der Waals surface area contributed by atoms with Crippen LogP contribution in [0.1, 0.15) is 41.6 Å². The fourth-order valence-electron chi connectivity index (χ4n) is 4.74. The lowest BCUT2D eigenvalue weighted by Crippen LogP contribution is -2.54. The summed E-state index contributed by atoms with van der Waals surface area (Å²) in [4.78, 5) is 17.8. The van der Waals surface area contributed by atoms with Gasteiger partial charge in [-0.1, -0.05) is 59.0 Å². The Morgan fingerprint density at radius 1 is 1.10 bits per heavy atom. The summed E-state index contributed by atoms with van der Waals surface area (Å²) < 4.78 is 101. The number of urea groups is 1. The van der Waals surface area contributed by atoms with E-state index in [-0.39, 0.29) is 24.1 Å². The fourth-order valence-corrected chi connectivity index (χ4v) is 5.19. The van der Waals surface area contributed by atoms with E-state index in [0.717, 1.165) is 17.7 Å². The third kappa shape index (κ3) is 7.60. The van der Waals surface area contributed by atoms with Gasteiger partial charge in [0.2, 0.25) is 5.92 Å². The van der Waals surface area contributed by atoms with Crippen LogP contribution in [0, 0.1) is 5.82 Å². The zero-order valence-electron chi connectivity index (χ0n) is 21.3. The second-order valence-corrected chi connectivity index (χ2v) is 10.6. The second-order valence-electron chi connectivity index (χ2n) is 9.79. The van der Waals surface area contributed by atoms with Crippen molar-refractivity contribution in [2.45, 2.75) is 60.1 Å². The molecule has 0 radical (unpaired) electrons. The Labute approximate surface area is 245 Å². The molecule has 220 valence electrons. The van der Waals surface area contributed by atoms with Crippen LogP contribution < -0.4 is 15.4 Å². The predicted octanol–water partition coefficient (Wildman–Crippen LogP) is 7.37. The molecular formula is C28H25F7IN3O2. The third-order valence-electron chi connectivity index (χ3n) is 6.67. The molecule has 2 amide bonds. The highest BCUT2D eigenvalue weighted by atomic mass is 127. The van der Waals surface area contributed by atoms with Crippen molar-refractivity contribution in [1.29, 1.82) is 0 Å². The Morgan fingerprint density at radius 2 is 1.83 bits per heavy atom. The summed E-state index contributed by atoms with van der Waals surface area (Å²) in [7, 11) is 0. The minimum absolute atomic E-state index is 0.0232. The maximum Gasteiger partial charge on any atom is 0.461 e. The van der Waals surface area contributed by atoms with Gasteiger partial charge in [-0.25, -0.2) is 18.0 Å². The number of halogens is 8. The number of nitrogens with one attached hydrogen (secondary N) is 2. The summed E-state index contributed by atoms with van der Waals surface area (Å²) in [6.07, 6.45) is -8.67. The number of aromatic nitrogens is 1. The lowest BCUT2D eigenvalue weighted by Gasteiger charge is -2.36. The van der Waals surface area contributed by atoms with E-state index in [1.54, 1.807) is 42.5 Å². The third-order valence-corrected chi connectivity index (χ3v) is 7.55. The second kappa shape index (κ2) is 12.4. The summed E-state index contributed by atoms with van der Waals surface area (Å²) in [6.45, 7) is 0. The number of rotatable bonds is 10. The summed E-state index contributed by atoms with van der Waals surface area (Å²) in [5, 5.41) is 5.24. The highest BCUT2D eigenvalue weighted by Crippen LogP contribution is 2.38. The molecule has 0 saturated heterocycles. The molecule has 2 aromatic carbocycles. The summed E-state index contributed by atoms with van der Waals surface area (Å²) in [5.41, 5.74) is -0.372. The topological polar surface area (TPSA) is 63.2 Å². The Kier molecular flexibility index (Phi) is 9.34. The van der Waals surface area contributed by atoms with E-state index in [9.17, 15) is 35.5 Å². The predicted molar refractivity (Wildman–Crippen MR) is 145 cm³/mol. The molecule has 1 aliphatic rings. The van der Waals surface area contributed by atoms with Gasteiger partial charge in [-0.3, -0.25) is 4.98 Å². The Balaban J connectivity index is 1.85. The molecular weight excluding hydrogens is 670 g/mol. The average molecular weight is 695 g/mol. The van der Waals surface area contributed by atoms with Crippen molar-refractivity contribution in [2.75, 3.05) is 0 Å². The molecule has 1 aliphatic carbocycles. The lowest BCUT2D eigenvalue weighted by molar-refractivity contribution is -0.253. The minimum atomic E-state index is -4.92. The van der Waals surface area contributed by atoms with E-state index in [1.807, 2.05) is 0 Å². The maximum atomic E-state index is 14.9. The first-order valence-corrected chi connectivity index (χ1v) is 14.0. The van der Waals surface area contributed by atoms with Crippen LogP contribution in [-0.2, 0) is 16.4 Å². The Morgan fingerprint density at radius 3 is 2.41 bits per heavy atom. The normalized spacial score (nSPS) is 18.1. The molecule has 1 aromatic heterocycles. The summed E-state index contributed by atoms with van der Waals surface area (Å²) in [5.74, 6) is -4.97. The largest absolute Gasteiger partial charge is 0.461 e. The minimum Gasteiger partial charge on any atom is -0.428 e. The van der Waals surface area contributed by atoms with E-state index >= 15 is 0 Å². The first kappa shape index (κ1) is 30.8. The Hall–Kier alpha value is -3.10. The molecule has 2 atom stereocenters. The number of hydrogen-bond acceptors (Lipinski definition) is 3. The maximum absolute atomic E-state index is 14.9. The van der Waals surface area contributed by atoms with Gasteiger partial charge in [-0.05, 0) is 41.3 Å². The smallest absolute Gasteiger partial charge is 0.428 e. The molecule has 1 saturated carbocycles. The number of amides is 2. The molecule has 1 fully saturated rings. The molecule has 0 unspecified atom stereocenters. The van der Waals surface area contributed by atoms with E-state index in [1.165, 1.54) is 6.20 Å². The van der Waals surface area contributed by atoms with Crippen molar-refractivity contribution >= 4 is 28.6 Å². The number of pyridine rings is 1. The van der Waals surface area contributed by atoms with E-state index in [0.29, 0.717) is 16.1 Å². The molecule has 3 aromatic rings. The highest BCUT2D eigenvalue weighted by Gasteiger charge is 2.45. The quantitative estimate of drug-likeness (QED) is 0.132. The Bertz CT molecular complexity index is 1350. The number of nitrogens with zero attached hydrogens (tertiary/aromatic N) is 1. The van der Waals surface area contributed by atoms with Gasteiger partial charge in [0, 0.05) is 42.0 Å². The monoisotopic (exact) mass is 695 g/mol. The first-order valence-electron chi connectivity index (χ1n) is 12.5. The van der Waals surface area contributed by atoms with Crippen LogP contribution in [0.3, 0.4) is 0 Å². The van der Waals surface area contributed by atoms with Crippen LogP contribution in [0.25, 0.3) is 0 Å². The number of alkyl halides is 7. The van der Waals surface area contributed by atoms with Crippen LogP contribution in [-0.4, -0.2) is 35.5 Å².